The van der Waals surface area contributed by atoms with Gasteiger partial charge in [0.1, 0.15) is 6.04 Å². The zero-order valence-electron chi connectivity index (χ0n) is 12.0. The molecule has 4 nitrogen and oxygen atoms in total. The van der Waals surface area contributed by atoms with Crippen LogP contribution in [-0.4, -0.2) is 35.7 Å². The van der Waals surface area contributed by atoms with Crippen LogP contribution in [0.3, 0.4) is 0 Å². The minimum Gasteiger partial charge on any atom is -0.394 e. The van der Waals surface area contributed by atoms with Crippen molar-refractivity contribution in [2.75, 3.05) is 18.1 Å². The van der Waals surface area contributed by atoms with Crippen molar-refractivity contribution in [2.24, 2.45) is 0 Å². The number of rotatable bonds is 2. The van der Waals surface area contributed by atoms with E-state index in [2.05, 4.69) is 5.32 Å². The van der Waals surface area contributed by atoms with Crippen LogP contribution in [0.4, 0.5) is 5.69 Å². The summed E-state index contributed by atoms with van der Waals surface area (Å²) >= 11 is 0. The van der Waals surface area contributed by atoms with Crippen LogP contribution in [0.15, 0.2) is 18.2 Å². The van der Waals surface area contributed by atoms with E-state index in [1.54, 1.807) is 0 Å². The quantitative estimate of drug-likeness (QED) is 0.846. The summed E-state index contributed by atoms with van der Waals surface area (Å²) < 4.78 is 0. The number of aryl methyl sites for hydroxylation is 2. The number of aliphatic hydroxyl groups is 1. The van der Waals surface area contributed by atoms with Crippen molar-refractivity contribution in [3.63, 3.8) is 0 Å². The molecule has 1 unspecified atom stereocenters. The Morgan fingerprint density at radius 1 is 1.37 bits per heavy atom. The Hall–Kier alpha value is -1.39. The molecule has 1 aromatic rings. The minimum absolute atomic E-state index is 0.0591. The summed E-state index contributed by atoms with van der Waals surface area (Å²) in [6, 6.07) is 5.52. The van der Waals surface area contributed by atoms with Crippen LogP contribution in [0.1, 0.15) is 25.0 Å². The fourth-order valence-corrected chi connectivity index (χ4v) is 2.71. The molecule has 1 aliphatic rings. The van der Waals surface area contributed by atoms with Crippen molar-refractivity contribution in [3.05, 3.63) is 29.3 Å². The zero-order valence-corrected chi connectivity index (χ0v) is 12.0. The molecule has 1 saturated heterocycles. The molecule has 1 aromatic carbocycles. The van der Waals surface area contributed by atoms with Gasteiger partial charge in [-0.25, -0.2) is 0 Å². The predicted molar refractivity (Wildman–Crippen MR) is 76.4 cm³/mol. The SMILES string of the molecule is Cc1cccc(C)c1N1C(=O)C(CO)NCC1(C)C. The average molecular weight is 262 g/mol. The van der Waals surface area contributed by atoms with Gasteiger partial charge in [-0.3, -0.25) is 4.79 Å². The molecule has 1 aliphatic heterocycles. The molecule has 2 rings (SSSR count). The van der Waals surface area contributed by atoms with E-state index in [1.807, 2.05) is 50.8 Å². The third-order valence-electron chi connectivity index (χ3n) is 3.75. The monoisotopic (exact) mass is 262 g/mol. The fraction of sp³-hybridized carbons (Fsp3) is 0.533. The number of carbonyl (C=O) groups is 1. The van der Waals surface area contributed by atoms with Crippen molar-refractivity contribution >= 4 is 11.6 Å². The lowest BCUT2D eigenvalue weighted by molar-refractivity contribution is -0.124. The molecule has 4 heteroatoms. The van der Waals surface area contributed by atoms with Gasteiger partial charge in [-0.2, -0.15) is 0 Å². The normalized spacial score (nSPS) is 22.7. The van der Waals surface area contributed by atoms with E-state index in [1.165, 1.54) is 0 Å². The smallest absolute Gasteiger partial charge is 0.247 e. The number of para-hydroxylation sites is 1. The maximum atomic E-state index is 12.6. The van der Waals surface area contributed by atoms with E-state index in [-0.39, 0.29) is 18.1 Å². The predicted octanol–water partition coefficient (Wildman–Crippen LogP) is 1.38. The van der Waals surface area contributed by atoms with Gasteiger partial charge in [-0.05, 0) is 38.8 Å². The third-order valence-corrected chi connectivity index (χ3v) is 3.75. The number of benzene rings is 1. The summed E-state index contributed by atoms with van der Waals surface area (Å²) in [4.78, 5) is 14.4. The number of hydrogen-bond donors (Lipinski definition) is 2. The number of nitrogens with zero attached hydrogens (tertiary/aromatic N) is 1. The van der Waals surface area contributed by atoms with Crippen molar-refractivity contribution in [1.29, 1.82) is 0 Å². The van der Waals surface area contributed by atoms with Crippen LogP contribution in [0.25, 0.3) is 0 Å². The first-order valence-electron chi connectivity index (χ1n) is 6.63. The molecule has 0 bridgehead atoms. The molecule has 1 atom stereocenters. The summed E-state index contributed by atoms with van der Waals surface area (Å²) in [5.74, 6) is -0.0591. The summed E-state index contributed by atoms with van der Waals surface area (Å²) in [5.41, 5.74) is 2.83. The standard InChI is InChI=1S/C15H22N2O2/c1-10-6-5-7-11(2)13(10)17-14(19)12(8-18)16-9-15(17,3)4/h5-7,12,16,18H,8-9H2,1-4H3. The first-order valence-corrected chi connectivity index (χ1v) is 6.63. The second-order valence-corrected chi connectivity index (χ2v) is 5.84. The lowest BCUT2D eigenvalue weighted by Crippen LogP contribution is -2.66. The lowest BCUT2D eigenvalue weighted by atomic mass is 9.93. The van der Waals surface area contributed by atoms with Crippen LogP contribution < -0.4 is 10.2 Å². The van der Waals surface area contributed by atoms with E-state index in [4.69, 9.17) is 0 Å². The van der Waals surface area contributed by atoms with E-state index >= 15 is 0 Å². The average Bonchev–Trinajstić information content (AvgIpc) is 2.32. The second kappa shape index (κ2) is 4.94. The topological polar surface area (TPSA) is 52.6 Å². The molecule has 1 fully saturated rings. The van der Waals surface area contributed by atoms with Gasteiger partial charge in [-0.15, -0.1) is 0 Å². The van der Waals surface area contributed by atoms with Crippen molar-refractivity contribution in [2.45, 2.75) is 39.3 Å². The van der Waals surface area contributed by atoms with E-state index in [9.17, 15) is 9.90 Å². The Labute approximate surface area is 114 Å². The molecule has 0 saturated carbocycles. The Kier molecular flexibility index (Phi) is 3.65. The van der Waals surface area contributed by atoms with Crippen LogP contribution in [-0.2, 0) is 4.79 Å². The molecule has 2 N–H and O–H groups in total. The number of hydrogen-bond acceptors (Lipinski definition) is 3. The number of piperazine rings is 1. The highest BCUT2D eigenvalue weighted by Crippen LogP contribution is 2.32. The highest BCUT2D eigenvalue weighted by Gasteiger charge is 2.41. The maximum absolute atomic E-state index is 12.6. The number of anilines is 1. The Morgan fingerprint density at radius 2 is 1.95 bits per heavy atom. The number of nitrogens with one attached hydrogen (secondary N) is 1. The van der Waals surface area contributed by atoms with Gasteiger partial charge in [0, 0.05) is 6.54 Å². The minimum atomic E-state index is -0.507. The van der Waals surface area contributed by atoms with Crippen LogP contribution >= 0.6 is 0 Å². The van der Waals surface area contributed by atoms with Crippen LogP contribution in [0.5, 0.6) is 0 Å². The summed E-state index contributed by atoms with van der Waals surface area (Å²) in [6.07, 6.45) is 0. The summed E-state index contributed by atoms with van der Waals surface area (Å²) in [6.45, 7) is 8.60. The molecule has 0 aromatic heterocycles. The van der Waals surface area contributed by atoms with Crippen molar-refractivity contribution < 1.29 is 9.90 Å². The molecule has 19 heavy (non-hydrogen) atoms. The zero-order chi connectivity index (χ0) is 14.2. The Morgan fingerprint density at radius 3 is 2.47 bits per heavy atom. The first kappa shape index (κ1) is 14.0. The Balaban J connectivity index is 2.52. The van der Waals surface area contributed by atoms with E-state index in [0.29, 0.717) is 6.54 Å². The highest BCUT2D eigenvalue weighted by atomic mass is 16.3. The second-order valence-electron chi connectivity index (χ2n) is 5.84. The number of aliphatic hydroxyl groups excluding tert-OH is 1. The van der Waals surface area contributed by atoms with Crippen LogP contribution in [0, 0.1) is 13.8 Å². The largest absolute Gasteiger partial charge is 0.394 e. The molecule has 1 amide bonds. The van der Waals surface area contributed by atoms with Crippen molar-refractivity contribution in [3.8, 4) is 0 Å². The molecular formula is C15H22N2O2. The molecule has 0 radical (unpaired) electrons. The van der Waals surface area contributed by atoms with Gasteiger partial charge in [0.15, 0.2) is 0 Å². The van der Waals surface area contributed by atoms with Gasteiger partial charge >= 0.3 is 0 Å². The first-order chi connectivity index (χ1) is 8.88. The molecule has 0 aliphatic carbocycles. The lowest BCUT2D eigenvalue weighted by Gasteiger charge is -2.46. The maximum Gasteiger partial charge on any atom is 0.247 e. The van der Waals surface area contributed by atoms with Gasteiger partial charge in [-0.1, -0.05) is 18.2 Å². The summed E-state index contributed by atoms with van der Waals surface area (Å²) in [5, 5.41) is 12.4. The molecule has 0 spiro atoms. The van der Waals surface area contributed by atoms with E-state index < -0.39 is 6.04 Å². The van der Waals surface area contributed by atoms with Gasteiger partial charge < -0.3 is 15.3 Å². The van der Waals surface area contributed by atoms with Gasteiger partial charge in [0.2, 0.25) is 5.91 Å². The fourth-order valence-electron chi connectivity index (χ4n) is 2.71. The third kappa shape index (κ3) is 2.38. The highest BCUT2D eigenvalue weighted by molar-refractivity contribution is 6.00. The van der Waals surface area contributed by atoms with Gasteiger partial charge in [0.05, 0.1) is 17.8 Å². The summed E-state index contributed by atoms with van der Waals surface area (Å²) in [7, 11) is 0. The van der Waals surface area contributed by atoms with Gasteiger partial charge in [0.25, 0.3) is 0 Å². The van der Waals surface area contributed by atoms with Crippen LogP contribution in [0.2, 0.25) is 0 Å². The Bertz CT molecular complexity index is 477. The van der Waals surface area contributed by atoms with Crippen molar-refractivity contribution in [1.82, 2.24) is 5.32 Å². The molecule has 104 valence electrons. The molecular weight excluding hydrogens is 240 g/mol. The number of amides is 1. The molecule has 1 heterocycles. The number of carbonyl (C=O) groups excluding carboxylic acids is 1. The van der Waals surface area contributed by atoms with E-state index in [0.717, 1.165) is 16.8 Å².